The molecule has 0 spiro atoms. The van der Waals surface area contributed by atoms with Gasteiger partial charge in [-0.3, -0.25) is 0 Å². The molecule has 1 fully saturated rings. The van der Waals surface area contributed by atoms with Crippen molar-refractivity contribution < 1.29 is 9.47 Å². The van der Waals surface area contributed by atoms with Crippen LogP contribution >= 0.6 is 0 Å². The Bertz CT molecular complexity index is 139. The van der Waals surface area contributed by atoms with Crippen molar-refractivity contribution in [2.75, 3.05) is 13.2 Å². The fraction of sp³-hybridized carbons (Fsp3) is 0.571. The van der Waals surface area contributed by atoms with Crippen LogP contribution in [0.3, 0.4) is 0 Å². The minimum atomic E-state index is -0.178. The molecule has 2 nitrogen and oxygen atoms in total. The zero-order valence-corrected chi connectivity index (χ0v) is 5.52. The van der Waals surface area contributed by atoms with E-state index in [9.17, 15) is 0 Å². The van der Waals surface area contributed by atoms with Gasteiger partial charge in [0.25, 0.3) is 0 Å². The average Bonchev–Trinajstić information content (AvgIpc) is 2.37. The van der Waals surface area contributed by atoms with Gasteiger partial charge in [-0.05, 0) is 6.92 Å². The monoisotopic (exact) mass is 126 g/mol. The molecule has 9 heavy (non-hydrogen) atoms. The topological polar surface area (TPSA) is 18.5 Å². The minimum Gasteiger partial charge on any atom is -0.346 e. The summed E-state index contributed by atoms with van der Waals surface area (Å²) in [5, 5.41) is 0. The highest BCUT2D eigenvalue weighted by atomic mass is 16.7. The lowest BCUT2D eigenvalue weighted by Gasteiger charge is -2.05. The van der Waals surface area contributed by atoms with Crippen LogP contribution in [0.4, 0.5) is 0 Å². The van der Waals surface area contributed by atoms with E-state index in [0.29, 0.717) is 13.2 Å². The van der Waals surface area contributed by atoms with Gasteiger partial charge in [0, 0.05) is 5.57 Å². The summed E-state index contributed by atoms with van der Waals surface area (Å²) >= 11 is 0. The fourth-order valence-corrected chi connectivity index (χ4v) is 0.692. The second kappa shape index (κ2) is 2.83. The molecule has 0 aromatic heterocycles. The molecule has 0 radical (unpaired) electrons. The third kappa shape index (κ3) is 1.42. The van der Waals surface area contributed by atoms with E-state index >= 15 is 0 Å². The first kappa shape index (κ1) is 6.56. The van der Waals surface area contributed by atoms with Gasteiger partial charge in [0.15, 0.2) is 6.29 Å². The highest BCUT2D eigenvalue weighted by Crippen LogP contribution is 2.10. The van der Waals surface area contributed by atoms with Crippen LogP contribution in [0.1, 0.15) is 6.92 Å². The largest absolute Gasteiger partial charge is 0.346 e. The predicted octanol–water partition coefficient (Wildman–Crippen LogP) is 1.09. The lowest BCUT2D eigenvalue weighted by atomic mass is 10.3. The van der Waals surface area contributed by atoms with Gasteiger partial charge >= 0.3 is 0 Å². The minimum absolute atomic E-state index is 0.178. The third-order valence-electron chi connectivity index (χ3n) is 1.25. The molecule has 2 heteroatoms. The molecule has 1 heterocycles. The van der Waals surface area contributed by atoms with Crippen molar-refractivity contribution in [3.63, 3.8) is 0 Å². The van der Waals surface area contributed by atoms with Gasteiger partial charge in [0.05, 0.1) is 13.2 Å². The lowest BCUT2D eigenvalue weighted by Crippen LogP contribution is -2.07. The summed E-state index contributed by atoms with van der Waals surface area (Å²) in [6.45, 7) is 6.74. The van der Waals surface area contributed by atoms with E-state index in [0.717, 1.165) is 5.57 Å². The summed E-state index contributed by atoms with van der Waals surface area (Å²) in [6.07, 6.45) is -0.178. The third-order valence-corrected chi connectivity index (χ3v) is 1.25. The summed E-state index contributed by atoms with van der Waals surface area (Å²) in [6, 6.07) is 0. The number of rotatable bonds is 1. The van der Waals surface area contributed by atoms with E-state index in [-0.39, 0.29) is 6.29 Å². The SMILES string of the molecule is C=C=C(C)C1OCCO1. The first-order chi connectivity index (χ1) is 4.34. The summed E-state index contributed by atoms with van der Waals surface area (Å²) in [7, 11) is 0. The van der Waals surface area contributed by atoms with Crippen molar-refractivity contribution in [2.24, 2.45) is 0 Å². The van der Waals surface area contributed by atoms with E-state index in [2.05, 4.69) is 12.3 Å². The zero-order chi connectivity index (χ0) is 6.69. The number of hydrogen-bond donors (Lipinski definition) is 0. The van der Waals surface area contributed by atoms with Gasteiger partial charge in [-0.15, -0.1) is 5.73 Å². The predicted molar refractivity (Wildman–Crippen MR) is 34.0 cm³/mol. The first-order valence-electron chi connectivity index (χ1n) is 2.94. The average molecular weight is 126 g/mol. The van der Waals surface area contributed by atoms with Crippen LogP contribution in [0.5, 0.6) is 0 Å². The molecular weight excluding hydrogens is 116 g/mol. The van der Waals surface area contributed by atoms with Crippen LogP contribution < -0.4 is 0 Å². The number of ether oxygens (including phenoxy) is 2. The summed E-state index contributed by atoms with van der Waals surface area (Å²) < 4.78 is 10.3. The van der Waals surface area contributed by atoms with Gasteiger partial charge in [0.1, 0.15) is 0 Å². The Morgan fingerprint density at radius 1 is 1.56 bits per heavy atom. The zero-order valence-electron chi connectivity index (χ0n) is 5.52. The van der Waals surface area contributed by atoms with Crippen LogP contribution in [-0.2, 0) is 9.47 Å². The number of hydrogen-bond acceptors (Lipinski definition) is 2. The van der Waals surface area contributed by atoms with E-state index in [4.69, 9.17) is 9.47 Å². The molecule has 1 aliphatic rings. The molecule has 1 aliphatic heterocycles. The molecule has 0 aliphatic carbocycles. The molecule has 0 unspecified atom stereocenters. The van der Waals surface area contributed by atoms with Gasteiger partial charge in [0.2, 0.25) is 0 Å². The summed E-state index contributed by atoms with van der Waals surface area (Å²) in [4.78, 5) is 0. The van der Waals surface area contributed by atoms with Crippen LogP contribution in [0, 0.1) is 0 Å². The maximum Gasteiger partial charge on any atom is 0.187 e. The van der Waals surface area contributed by atoms with Gasteiger partial charge in [-0.1, -0.05) is 6.58 Å². The maximum absolute atomic E-state index is 5.14. The van der Waals surface area contributed by atoms with Crippen molar-refractivity contribution in [1.82, 2.24) is 0 Å². The normalized spacial score (nSPS) is 19.7. The Hall–Kier alpha value is -0.560. The molecule has 1 saturated heterocycles. The van der Waals surface area contributed by atoms with Gasteiger partial charge in [-0.25, -0.2) is 0 Å². The molecule has 0 bridgehead atoms. The van der Waals surface area contributed by atoms with Crippen LogP contribution in [0.25, 0.3) is 0 Å². The first-order valence-corrected chi connectivity index (χ1v) is 2.94. The van der Waals surface area contributed by atoms with Gasteiger partial charge < -0.3 is 9.47 Å². The van der Waals surface area contributed by atoms with Crippen LogP contribution in [0.2, 0.25) is 0 Å². The smallest absolute Gasteiger partial charge is 0.187 e. The molecule has 0 aromatic carbocycles. The van der Waals surface area contributed by atoms with Gasteiger partial charge in [-0.2, -0.15) is 0 Å². The highest BCUT2D eigenvalue weighted by molar-refractivity contribution is 4.99. The second-order valence-corrected chi connectivity index (χ2v) is 1.93. The van der Waals surface area contributed by atoms with Crippen molar-refractivity contribution in [3.8, 4) is 0 Å². The van der Waals surface area contributed by atoms with Crippen molar-refractivity contribution >= 4 is 0 Å². The van der Waals surface area contributed by atoms with E-state index in [1.807, 2.05) is 6.92 Å². The molecule has 1 rings (SSSR count). The molecule has 0 saturated carbocycles. The molecule has 0 N–H and O–H groups in total. The fourth-order valence-electron chi connectivity index (χ4n) is 0.692. The molecule has 0 aromatic rings. The standard InChI is InChI=1S/C7H10O2/c1-3-6(2)7-8-4-5-9-7/h7H,1,4-5H2,2H3. The van der Waals surface area contributed by atoms with Crippen molar-refractivity contribution in [3.05, 3.63) is 17.9 Å². The molecular formula is C7H10O2. The Balaban J connectivity index is 2.51. The Labute approximate surface area is 54.8 Å². The molecule has 0 amide bonds. The maximum atomic E-state index is 5.14. The van der Waals surface area contributed by atoms with Crippen molar-refractivity contribution in [1.29, 1.82) is 0 Å². The van der Waals surface area contributed by atoms with Crippen LogP contribution in [-0.4, -0.2) is 19.5 Å². The van der Waals surface area contributed by atoms with E-state index < -0.39 is 0 Å². The molecule has 50 valence electrons. The summed E-state index contributed by atoms with van der Waals surface area (Å²) in [5.74, 6) is 0. The second-order valence-electron chi connectivity index (χ2n) is 1.93. The van der Waals surface area contributed by atoms with Crippen molar-refractivity contribution in [2.45, 2.75) is 13.2 Å². The Kier molecular flexibility index (Phi) is 2.06. The molecule has 0 atom stereocenters. The van der Waals surface area contributed by atoms with E-state index in [1.54, 1.807) is 0 Å². The lowest BCUT2D eigenvalue weighted by molar-refractivity contribution is -0.0107. The Morgan fingerprint density at radius 2 is 2.11 bits per heavy atom. The highest BCUT2D eigenvalue weighted by Gasteiger charge is 2.16. The van der Waals surface area contributed by atoms with E-state index in [1.165, 1.54) is 0 Å². The quantitative estimate of drug-likeness (QED) is 0.490. The summed E-state index contributed by atoms with van der Waals surface area (Å²) in [5.41, 5.74) is 3.65. The van der Waals surface area contributed by atoms with Crippen LogP contribution in [0.15, 0.2) is 17.9 Å². The Morgan fingerprint density at radius 3 is 2.56 bits per heavy atom.